The lowest BCUT2D eigenvalue weighted by molar-refractivity contribution is 0.0685. The van der Waals surface area contributed by atoms with Crippen LogP contribution >= 0.6 is 11.6 Å². The van der Waals surface area contributed by atoms with E-state index in [0.717, 1.165) is 40.0 Å². The van der Waals surface area contributed by atoms with E-state index in [4.69, 9.17) is 11.6 Å². The summed E-state index contributed by atoms with van der Waals surface area (Å²) in [5.74, 6) is -0.906. The number of para-hydroxylation sites is 1. The number of nitrogens with zero attached hydrogens (tertiary/aromatic N) is 1. The number of nitrogens with one attached hydrogen (secondary N) is 1. The molecule has 0 aliphatic carbocycles. The van der Waals surface area contributed by atoms with Gasteiger partial charge in [0.1, 0.15) is 5.69 Å². The van der Waals surface area contributed by atoms with Gasteiger partial charge in [0, 0.05) is 35.1 Å². The molecule has 0 aliphatic heterocycles. The monoisotopic (exact) mass is 342 g/mol. The van der Waals surface area contributed by atoms with Crippen LogP contribution in [0, 0.1) is 0 Å². The molecule has 24 heavy (non-hydrogen) atoms. The molecule has 3 aromatic rings. The molecule has 0 aliphatic rings. The predicted octanol–water partition coefficient (Wildman–Crippen LogP) is 3.86. The highest BCUT2D eigenvalue weighted by molar-refractivity contribution is 6.31. The summed E-state index contributed by atoms with van der Waals surface area (Å²) in [6, 6.07) is 15.5. The second kappa shape index (κ2) is 7.07. The zero-order valence-corrected chi connectivity index (χ0v) is 14.2. The molecule has 0 amide bonds. The van der Waals surface area contributed by atoms with Crippen LogP contribution in [0.2, 0.25) is 5.02 Å². The van der Waals surface area contributed by atoms with E-state index in [0.29, 0.717) is 12.2 Å². The summed E-state index contributed by atoms with van der Waals surface area (Å²) in [4.78, 5) is 11.6. The summed E-state index contributed by atoms with van der Waals surface area (Å²) < 4.78 is 1.74. The van der Waals surface area contributed by atoms with Gasteiger partial charge in [-0.1, -0.05) is 48.0 Å². The standard InChI is InChI=1S/C19H19ClN2O2/c1-22-17-9-5-3-7-14(17)15(18(22)19(23)24)12-21-11-10-13-6-2-4-8-16(13)20/h2-9,21H,10-12H2,1H3,(H,23,24). The van der Waals surface area contributed by atoms with Gasteiger partial charge in [0.25, 0.3) is 0 Å². The van der Waals surface area contributed by atoms with Crippen molar-refractivity contribution in [3.63, 3.8) is 0 Å². The molecule has 0 atom stereocenters. The largest absolute Gasteiger partial charge is 0.477 e. The van der Waals surface area contributed by atoms with Gasteiger partial charge in [0.2, 0.25) is 0 Å². The number of aromatic nitrogens is 1. The van der Waals surface area contributed by atoms with Crippen molar-refractivity contribution in [1.82, 2.24) is 9.88 Å². The van der Waals surface area contributed by atoms with Crippen molar-refractivity contribution in [3.8, 4) is 0 Å². The van der Waals surface area contributed by atoms with Crippen LogP contribution in [0.15, 0.2) is 48.5 Å². The third kappa shape index (κ3) is 3.16. The first-order valence-corrected chi connectivity index (χ1v) is 8.21. The second-order valence-corrected chi connectivity index (χ2v) is 6.13. The average Bonchev–Trinajstić information content (AvgIpc) is 2.86. The summed E-state index contributed by atoms with van der Waals surface area (Å²) in [6.45, 7) is 1.24. The Morgan fingerprint density at radius 1 is 1.17 bits per heavy atom. The van der Waals surface area contributed by atoms with E-state index in [2.05, 4.69) is 5.32 Å². The van der Waals surface area contributed by atoms with Gasteiger partial charge in [-0.25, -0.2) is 4.79 Å². The highest BCUT2D eigenvalue weighted by atomic mass is 35.5. The first kappa shape index (κ1) is 16.6. The van der Waals surface area contributed by atoms with Crippen molar-refractivity contribution >= 4 is 28.5 Å². The van der Waals surface area contributed by atoms with Gasteiger partial charge in [-0.05, 0) is 30.7 Å². The fourth-order valence-electron chi connectivity index (χ4n) is 3.06. The number of fused-ring (bicyclic) bond motifs is 1. The lowest BCUT2D eigenvalue weighted by Crippen LogP contribution is -2.19. The number of benzene rings is 2. The minimum atomic E-state index is -0.906. The summed E-state index contributed by atoms with van der Waals surface area (Å²) in [5.41, 5.74) is 3.17. The Labute approximate surface area is 145 Å². The Morgan fingerprint density at radius 2 is 1.88 bits per heavy atom. The molecule has 1 heterocycles. The van der Waals surface area contributed by atoms with Crippen molar-refractivity contribution in [2.24, 2.45) is 7.05 Å². The molecule has 1 aromatic heterocycles. The van der Waals surface area contributed by atoms with Gasteiger partial charge in [-0.3, -0.25) is 0 Å². The normalized spacial score (nSPS) is 11.1. The lowest BCUT2D eigenvalue weighted by atomic mass is 10.1. The molecule has 5 heteroatoms. The van der Waals surface area contributed by atoms with Gasteiger partial charge in [0.15, 0.2) is 0 Å². The zero-order valence-electron chi connectivity index (χ0n) is 13.4. The van der Waals surface area contributed by atoms with E-state index in [1.165, 1.54) is 0 Å². The number of carbonyl (C=O) groups is 1. The van der Waals surface area contributed by atoms with Gasteiger partial charge < -0.3 is 15.0 Å². The van der Waals surface area contributed by atoms with Crippen LogP contribution in [0.5, 0.6) is 0 Å². The summed E-state index contributed by atoms with van der Waals surface area (Å²) >= 11 is 6.16. The summed E-state index contributed by atoms with van der Waals surface area (Å²) in [5, 5.41) is 14.6. The van der Waals surface area contributed by atoms with Crippen LogP contribution in [0.3, 0.4) is 0 Å². The van der Waals surface area contributed by atoms with Crippen molar-refractivity contribution < 1.29 is 9.90 Å². The fraction of sp³-hybridized carbons (Fsp3) is 0.211. The van der Waals surface area contributed by atoms with Crippen molar-refractivity contribution in [1.29, 1.82) is 0 Å². The Bertz CT molecular complexity index is 886. The fourth-order valence-corrected chi connectivity index (χ4v) is 3.29. The molecule has 124 valence electrons. The van der Waals surface area contributed by atoms with E-state index < -0.39 is 5.97 Å². The third-order valence-corrected chi connectivity index (χ3v) is 4.61. The van der Waals surface area contributed by atoms with Crippen molar-refractivity contribution in [2.45, 2.75) is 13.0 Å². The van der Waals surface area contributed by atoms with Crippen LogP contribution in [0.1, 0.15) is 21.6 Å². The molecule has 0 fully saturated rings. The third-order valence-electron chi connectivity index (χ3n) is 4.25. The summed E-state index contributed by atoms with van der Waals surface area (Å²) in [6.07, 6.45) is 0.798. The number of rotatable bonds is 6. The maximum absolute atomic E-state index is 11.6. The van der Waals surface area contributed by atoms with Crippen LogP contribution in [-0.2, 0) is 20.0 Å². The molecule has 0 spiro atoms. The zero-order chi connectivity index (χ0) is 17.1. The molecule has 3 rings (SSSR count). The van der Waals surface area contributed by atoms with Gasteiger partial charge >= 0.3 is 5.97 Å². The molecule has 0 radical (unpaired) electrons. The SMILES string of the molecule is Cn1c(C(=O)O)c(CNCCc2ccccc2Cl)c2ccccc21. The first-order valence-electron chi connectivity index (χ1n) is 7.83. The number of hydrogen-bond acceptors (Lipinski definition) is 2. The molecular formula is C19H19ClN2O2. The molecule has 2 N–H and O–H groups in total. The minimum Gasteiger partial charge on any atom is -0.477 e. The topological polar surface area (TPSA) is 54.3 Å². The Balaban J connectivity index is 1.77. The predicted molar refractivity (Wildman–Crippen MR) is 96.7 cm³/mol. The Kier molecular flexibility index (Phi) is 4.88. The first-order chi connectivity index (χ1) is 11.6. The number of halogens is 1. The van der Waals surface area contributed by atoms with Crippen LogP contribution in [-0.4, -0.2) is 22.2 Å². The Hall–Kier alpha value is -2.30. The van der Waals surface area contributed by atoms with Gasteiger partial charge in [-0.15, -0.1) is 0 Å². The minimum absolute atomic E-state index is 0.335. The molecule has 2 aromatic carbocycles. The Morgan fingerprint density at radius 3 is 2.62 bits per heavy atom. The van der Waals surface area contributed by atoms with Gasteiger partial charge in [0.05, 0.1) is 0 Å². The highest BCUT2D eigenvalue weighted by Crippen LogP contribution is 2.25. The molecule has 0 bridgehead atoms. The molecule has 4 nitrogen and oxygen atoms in total. The maximum Gasteiger partial charge on any atom is 0.352 e. The van der Waals surface area contributed by atoms with E-state index in [1.807, 2.05) is 48.5 Å². The van der Waals surface area contributed by atoms with Crippen LogP contribution in [0.25, 0.3) is 10.9 Å². The van der Waals surface area contributed by atoms with E-state index in [-0.39, 0.29) is 0 Å². The van der Waals surface area contributed by atoms with Crippen molar-refractivity contribution in [3.05, 3.63) is 70.4 Å². The molecule has 0 saturated heterocycles. The van der Waals surface area contributed by atoms with Gasteiger partial charge in [-0.2, -0.15) is 0 Å². The van der Waals surface area contributed by atoms with E-state index in [1.54, 1.807) is 11.6 Å². The number of carboxylic acids is 1. The number of hydrogen-bond donors (Lipinski definition) is 2. The average molecular weight is 343 g/mol. The quantitative estimate of drug-likeness (QED) is 0.669. The summed E-state index contributed by atoms with van der Waals surface area (Å²) in [7, 11) is 1.79. The smallest absolute Gasteiger partial charge is 0.352 e. The lowest BCUT2D eigenvalue weighted by Gasteiger charge is -2.07. The second-order valence-electron chi connectivity index (χ2n) is 5.73. The molecule has 0 saturated carbocycles. The highest BCUT2D eigenvalue weighted by Gasteiger charge is 2.19. The van der Waals surface area contributed by atoms with Crippen LogP contribution in [0.4, 0.5) is 0 Å². The number of carboxylic acid groups (broad SMARTS) is 1. The molecule has 0 unspecified atom stereocenters. The van der Waals surface area contributed by atoms with E-state index in [9.17, 15) is 9.90 Å². The van der Waals surface area contributed by atoms with Crippen LogP contribution < -0.4 is 5.32 Å². The molecular weight excluding hydrogens is 324 g/mol. The maximum atomic E-state index is 11.6. The number of aromatic carboxylic acids is 1. The van der Waals surface area contributed by atoms with Crippen molar-refractivity contribution in [2.75, 3.05) is 6.54 Å². The number of aryl methyl sites for hydroxylation is 1. The van der Waals surface area contributed by atoms with E-state index >= 15 is 0 Å².